The Morgan fingerprint density at radius 2 is 2.10 bits per heavy atom. The molecule has 114 valence electrons. The maximum absolute atomic E-state index is 11.7. The van der Waals surface area contributed by atoms with Crippen molar-refractivity contribution in [2.75, 3.05) is 52.4 Å². The third kappa shape index (κ3) is 6.72. The fraction of sp³-hybridized carbons (Fsp3) is 0.917. The SMILES string of the molecule is [N-]=[N+]=NCC1CC(=O)N(CCNCCCNCCN)C1. The lowest BCUT2D eigenvalue weighted by Crippen LogP contribution is -2.34. The topological polar surface area (TPSA) is 119 Å². The Balaban J connectivity index is 2.01. The summed E-state index contributed by atoms with van der Waals surface area (Å²) in [7, 11) is 0. The molecule has 20 heavy (non-hydrogen) atoms. The third-order valence-corrected chi connectivity index (χ3v) is 3.28. The predicted molar refractivity (Wildman–Crippen MR) is 78.1 cm³/mol. The molecule has 1 saturated heterocycles. The van der Waals surface area contributed by atoms with Crippen molar-refractivity contribution in [3.05, 3.63) is 10.4 Å². The molecule has 1 atom stereocenters. The fourth-order valence-electron chi connectivity index (χ4n) is 2.25. The number of amides is 1. The molecular formula is C12H25N7O. The summed E-state index contributed by atoms with van der Waals surface area (Å²) >= 11 is 0. The smallest absolute Gasteiger partial charge is 0.222 e. The second-order valence-corrected chi connectivity index (χ2v) is 4.97. The van der Waals surface area contributed by atoms with Crippen LogP contribution in [0.1, 0.15) is 12.8 Å². The van der Waals surface area contributed by atoms with Crippen molar-refractivity contribution < 1.29 is 4.79 Å². The molecule has 1 heterocycles. The van der Waals surface area contributed by atoms with E-state index in [9.17, 15) is 4.79 Å². The van der Waals surface area contributed by atoms with Crippen LogP contribution in [0.15, 0.2) is 5.11 Å². The van der Waals surface area contributed by atoms with E-state index < -0.39 is 0 Å². The number of likely N-dealkylation sites (tertiary alicyclic amines) is 1. The van der Waals surface area contributed by atoms with E-state index in [0.29, 0.717) is 26.1 Å². The highest BCUT2D eigenvalue weighted by atomic mass is 16.2. The lowest BCUT2D eigenvalue weighted by molar-refractivity contribution is -0.127. The average molecular weight is 283 g/mol. The largest absolute Gasteiger partial charge is 0.341 e. The number of hydrogen-bond acceptors (Lipinski definition) is 5. The Labute approximate surface area is 119 Å². The van der Waals surface area contributed by atoms with E-state index in [2.05, 4.69) is 20.7 Å². The van der Waals surface area contributed by atoms with Crippen LogP contribution in [-0.2, 0) is 4.79 Å². The fourth-order valence-corrected chi connectivity index (χ4v) is 2.25. The summed E-state index contributed by atoms with van der Waals surface area (Å²) in [6.45, 7) is 6.06. The molecule has 8 heteroatoms. The Morgan fingerprint density at radius 3 is 2.80 bits per heavy atom. The molecule has 1 unspecified atom stereocenters. The van der Waals surface area contributed by atoms with Crippen LogP contribution in [0.25, 0.3) is 10.4 Å². The molecule has 0 aliphatic carbocycles. The van der Waals surface area contributed by atoms with Gasteiger partial charge in [-0.2, -0.15) is 0 Å². The highest BCUT2D eigenvalue weighted by molar-refractivity contribution is 5.78. The van der Waals surface area contributed by atoms with Gasteiger partial charge < -0.3 is 21.3 Å². The van der Waals surface area contributed by atoms with E-state index in [1.54, 1.807) is 0 Å². The minimum Gasteiger partial charge on any atom is -0.341 e. The van der Waals surface area contributed by atoms with E-state index in [4.69, 9.17) is 11.3 Å². The molecule has 0 spiro atoms. The van der Waals surface area contributed by atoms with Crippen molar-refractivity contribution >= 4 is 5.91 Å². The van der Waals surface area contributed by atoms with Crippen LogP contribution in [0.3, 0.4) is 0 Å². The van der Waals surface area contributed by atoms with E-state index in [0.717, 1.165) is 39.1 Å². The summed E-state index contributed by atoms with van der Waals surface area (Å²) in [4.78, 5) is 16.3. The van der Waals surface area contributed by atoms with Gasteiger partial charge in [0.25, 0.3) is 0 Å². The zero-order valence-electron chi connectivity index (χ0n) is 11.9. The van der Waals surface area contributed by atoms with Crippen molar-refractivity contribution in [3.63, 3.8) is 0 Å². The number of rotatable bonds is 11. The molecule has 1 aliphatic rings. The second kappa shape index (κ2) is 10.4. The molecule has 1 fully saturated rings. The molecule has 0 bridgehead atoms. The van der Waals surface area contributed by atoms with Crippen molar-refractivity contribution in [1.29, 1.82) is 0 Å². The molecule has 1 aliphatic heterocycles. The van der Waals surface area contributed by atoms with Crippen LogP contribution in [0, 0.1) is 5.92 Å². The van der Waals surface area contributed by atoms with E-state index in [-0.39, 0.29) is 11.8 Å². The number of nitrogens with zero attached hydrogens (tertiary/aromatic N) is 4. The molecule has 0 radical (unpaired) electrons. The van der Waals surface area contributed by atoms with Gasteiger partial charge in [0.15, 0.2) is 0 Å². The van der Waals surface area contributed by atoms with Gasteiger partial charge in [-0.25, -0.2) is 0 Å². The molecule has 0 aromatic rings. The van der Waals surface area contributed by atoms with Crippen LogP contribution in [0.2, 0.25) is 0 Å². The molecule has 8 nitrogen and oxygen atoms in total. The lowest BCUT2D eigenvalue weighted by atomic mass is 10.1. The normalized spacial score (nSPS) is 18.4. The molecular weight excluding hydrogens is 258 g/mol. The van der Waals surface area contributed by atoms with Gasteiger partial charge in [-0.3, -0.25) is 4.79 Å². The van der Waals surface area contributed by atoms with Crippen LogP contribution < -0.4 is 16.4 Å². The Morgan fingerprint density at radius 1 is 1.35 bits per heavy atom. The molecule has 1 amide bonds. The first-order valence-corrected chi connectivity index (χ1v) is 7.18. The number of nitrogens with two attached hydrogens (primary N) is 1. The summed E-state index contributed by atoms with van der Waals surface area (Å²) < 4.78 is 0. The Hall–Kier alpha value is -1.34. The van der Waals surface area contributed by atoms with Gasteiger partial charge in [0.05, 0.1) is 0 Å². The van der Waals surface area contributed by atoms with Crippen LogP contribution >= 0.6 is 0 Å². The number of hydrogen-bond donors (Lipinski definition) is 3. The highest BCUT2D eigenvalue weighted by Gasteiger charge is 2.28. The van der Waals surface area contributed by atoms with E-state index in [1.165, 1.54) is 0 Å². The Bertz CT molecular complexity index is 330. The van der Waals surface area contributed by atoms with Gasteiger partial charge in [-0.15, -0.1) is 0 Å². The third-order valence-electron chi connectivity index (χ3n) is 3.28. The number of azide groups is 1. The van der Waals surface area contributed by atoms with Gasteiger partial charge in [0.2, 0.25) is 5.91 Å². The first-order valence-electron chi connectivity index (χ1n) is 7.18. The lowest BCUT2D eigenvalue weighted by Gasteiger charge is -2.16. The van der Waals surface area contributed by atoms with Crippen molar-refractivity contribution in [1.82, 2.24) is 15.5 Å². The van der Waals surface area contributed by atoms with Crippen molar-refractivity contribution in [2.45, 2.75) is 12.8 Å². The van der Waals surface area contributed by atoms with Crippen molar-refractivity contribution in [2.24, 2.45) is 16.8 Å². The first kappa shape index (κ1) is 16.7. The predicted octanol–water partition coefficient (Wildman–Crippen LogP) is -0.327. The zero-order valence-corrected chi connectivity index (χ0v) is 11.9. The van der Waals surface area contributed by atoms with Gasteiger partial charge >= 0.3 is 0 Å². The molecule has 0 saturated carbocycles. The van der Waals surface area contributed by atoms with Crippen molar-refractivity contribution in [3.8, 4) is 0 Å². The molecule has 0 aromatic carbocycles. The zero-order chi connectivity index (χ0) is 14.6. The summed E-state index contributed by atoms with van der Waals surface area (Å²) in [5.74, 6) is 0.341. The Kier molecular flexibility index (Phi) is 8.73. The summed E-state index contributed by atoms with van der Waals surface area (Å²) in [5.41, 5.74) is 13.6. The van der Waals surface area contributed by atoms with E-state index in [1.807, 2.05) is 4.90 Å². The van der Waals surface area contributed by atoms with Crippen LogP contribution in [0.5, 0.6) is 0 Å². The maximum Gasteiger partial charge on any atom is 0.222 e. The highest BCUT2D eigenvalue weighted by Crippen LogP contribution is 2.17. The maximum atomic E-state index is 11.7. The molecule has 1 rings (SSSR count). The quantitative estimate of drug-likeness (QED) is 0.208. The van der Waals surface area contributed by atoms with Gasteiger partial charge in [0.1, 0.15) is 0 Å². The van der Waals surface area contributed by atoms with Crippen LogP contribution in [0.4, 0.5) is 0 Å². The molecule has 0 aromatic heterocycles. The standard InChI is InChI=1S/C12H25N7O/c13-2-5-15-3-1-4-16-6-7-19-10-11(8-12(19)20)9-17-18-14/h11,15-16H,1-10,13H2. The first-order chi connectivity index (χ1) is 9.77. The second-order valence-electron chi connectivity index (χ2n) is 4.97. The minimum atomic E-state index is 0.162. The average Bonchev–Trinajstić information content (AvgIpc) is 2.80. The number of carbonyl (C=O) groups is 1. The summed E-state index contributed by atoms with van der Waals surface area (Å²) in [5, 5.41) is 10.1. The van der Waals surface area contributed by atoms with Crippen LogP contribution in [-0.4, -0.2) is 63.2 Å². The number of nitrogens with one attached hydrogen (secondary N) is 2. The van der Waals surface area contributed by atoms with E-state index >= 15 is 0 Å². The number of carbonyl (C=O) groups excluding carboxylic acids is 1. The van der Waals surface area contributed by atoms with Gasteiger partial charge in [0, 0.05) is 50.6 Å². The monoisotopic (exact) mass is 283 g/mol. The summed E-state index contributed by atoms with van der Waals surface area (Å²) in [6.07, 6.45) is 1.55. The molecule has 4 N–H and O–H groups in total. The summed E-state index contributed by atoms with van der Waals surface area (Å²) in [6, 6.07) is 0. The minimum absolute atomic E-state index is 0.162. The van der Waals surface area contributed by atoms with Gasteiger partial charge in [-0.05, 0) is 31.0 Å². The van der Waals surface area contributed by atoms with Gasteiger partial charge in [-0.1, -0.05) is 5.11 Å².